The van der Waals surface area contributed by atoms with Gasteiger partial charge < -0.3 is 0 Å². The Kier molecular flexibility index (Phi) is 7.57. The summed E-state index contributed by atoms with van der Waals surface area (Å²) in [5.41, 5.74) is 13.0. The molecule has 0 aliphatic heterocycles. The first-order chi connectivity index (χ1) is 22.3. The van der Waals surface area contributed by atoms with Crippen LogP contribution >= 0.6 is 0 Å². The highest BCUT2D eigenvalue weighted by molar-refractivity contribution is 6.89. The van der Waals surface area contributed by atoms with E-state index in [0.717, 1.165) is 33.9 Å². The van der Waals surface area contributed by atoms with Crippen molar-refractivity contribution in [2.45, 2.75) is 58.5 Å². The zero-order valence-corrected chi connectivity index (χ0v) is 30.9. The van der Waals surface area contributed by atoms with E-state index in [4.69, 9.17) is 9.97 Å². The van der Waals surface area contributed by atoms with Crippen molar-refractivity contribution in [1.29, 1.82) is 0 Å². The minimum Gasteiger partial charge on any atom is -0.228 e. The standard InChI is InChI=1S/C43H44N2Si2/c1-43(2)38-15-10-9-14-36(38)37-25-20-32(27-39(37)43)31-12-11-13-33(26-31)42-44-40(29-16-21-34(22-17-29)46(3,4)5)28-41(45-42)30-18-23-35(24-19-30)47(6,7)8/h9-28H,1-8H3. The Morgan fingerprint density at radius 1 is 0.426 bits per heavy atom. The van der Waals surface area contributed by atoms with E-state index in [9.17, 15) is 0 Å². The molecule has 0 saturated carbocycles. The lowest BCUT2D eigenvalue weighted by molar-refractivity contribution is 0.660. The number of aromatic nitrogens is 2. The number of rotatable bonds is 6. The predicted octanol–water partition coefficient (Wildman–Crippen LogP) is 10.5. The third-order valence-corrected chi connectivity index (χ3v) is 14.0. The fourth-order valence-corrected chi connectivity index (χ4v) is 9.21. The summed E-state index contributed by atoms with van der Waals surface area (Å²) in [5, 5.41) is 2.90. The van der Waals surface area contributed by atoms with Crippen molar-refractivity contribution in [3.05, 3.63) is 132 Å². The van der Waals surface area contributed by atoms with Gasteiger partial charge in [-0.3, -0.25) is 0 Å². The molecule has 1 aromatic heterocycles. The van der Waals surface area contributed by atoms with E-state index < -0.39 is 16.1 Å². The third kappa shape index (κ3) is 5.85. The molecule has 0 atom stereocenters. The van der Waals surface area contributed by atoms with Crippen molar-refractivity contribution >= 4 is 26.5 Å². The van der Waals surface area contributed by atoms with Crippen LogP contribution in [0.25, 0.3) is 56.2 Å². The van der Waals surface area contributed by atoms with Crippen LogP contribution in [0.2, 0.25) is 39.3 Å². The monoisotopic (exact) mass is 644 g/mol. The molecular formula is C43H44N2Si2. The molecule has 1 aliphatic carbocycles. The number of benzene rings is 5. The molecular weight excluding hydrogens is 601 g/mol. The molecule has 0 N–H and O–H groups in total. The highest BCUT2D eigenvalue weighted by Gasteiger charge is 2.35. The van der Waals surface area contributed by atoms with E-state index in [1.54, 1.807) is 0 Å². The minimum absolute atomic E-state index is 0.0397. The Morgan fingerprint density at radius 3 is 1.49 bits per heavy atom. The van der Waals surface area contributed by atoms with Crippen molar-refractivity contribution < 1.29 is 0 Å². The largest absolute Gasteiger partial charge is 0.228 e. The fraction of sp³-hybridized carbons (Fsp3) is 0.209. The van der Waals surface area contributed by atoms with Crippen LogP contribution in [0.3, 0.4) is 0 Å². The van der Waals surface area contributed by atoms with Crippen molar-refractivity contribution in [1.82, 2.24) is 9.97 Å². The first-order valence-electron chi connectivity index (χ1n) is 16.8. The number of nitrogens with zero attached hydrogens (tertiary/aromatic N) is 2. The van der Waals surface area contributed by atoms with Crippen LogP contribution in [0.5, 0.6) is 0 Å². The van der Waals surface area contributed by atoms with Gasteiger partial charge in [0.15, 0.2) is 5.82 Å². The Labute approximate surface area is 282 Å². The van der Waals surface area contributed by atoms with Crippen LogP contribution in [0.15, 0.2) is 121 Å². The summed E-state index contributed by atoms with van der Waals surface area (Å²) in [6, 6.07) is 44.8. The normalized spacial score (nSPS) is 13.7. The molecule has 6 aromatic rings. The lowest BCUT2D eigenvalue weighted by Gasteiger charge is -2.22. The molecule has 0 unspecified atom stereocenters. The summed E-state index contributed by atoms with van der Waals surface area (Å²) < 4.78 is 0. The quantitative estimate of drug-likeness (QED) is 0.169. The summed E-state index contributed by atoms with van der Waals surface area (Å²) in [7, 11) is -2.81. The van der Waals surface area contributed by atoms with Crippen LogP contribution in [0.4, 0.5) is 0 Å². The Bertz CT molecular complexity index is 2040. The first kappa shape index (κ1) is 31.2. The summed E-state index contributed by atoms with van der Waals surface area (Å²) in [6.07, 6.45) is 0. The highest BCUT2D eigenvalue weighted by atomic mass is 28.3. The van der Waals surface area contributed by atoms with Gasteiger partial charge in [0.05, 0.1) is 27.5 Å². The zero-order valence-electron chi connectivity index (χ0n) is 28.9. The van der Waals surface area contributed by atoms with Gasteiger partial charge in [-0.2, -0.15) is 0 Å². The first-order valence-corrected chi connectivity index (χ1v) is 23.8. The van der Waals surface area contributed by atoms with E-state index in [1.807, 2.05) is 0 Å². The lowest BCUT2D eigenvalue weighted by atomic mass is 9.81. The molecule has 7 rings (SSSR count). The summed E-state index contributed by atoms with van der Waals surface area (Å²) in [6.45, 7) is 19.0. The molecule has 0 bridgehead atoms. The number of fused-ring (bicyclic) bond motifs is 3. The van der Waals surface area contributed by atoms with Crippen LogP contribution in [-0.4, -0.2) is 26.1 Å². The van der Waals surface area contributed by atoms with Crippen molar-refractivity contribution in [3.8, 4) is 56.2 Å². The molecule has 0 fully saturated rings. The van der Waals surface area contributed by atoms with E-state index in [2.05, 4.69) is 174 Å². The van der Waals surface area contributed by atoms with E-state index in [0.29, 0.717) is 0 Å². The average Bonchev–Trinajstić information content (AvgIpc) is 3.30. The van der Waals surface area contributed by atoms with E-state index in [-0.39, 0.29) is 5.41 Å². The van der Waals surface area contributed by atoms with Gasteiger partial charge in [0, 0.05) is 22.1 Å². The Balaban J connectivity index is 1.32. The van der Waals surface area contributed by atoms with Gasteiger partial charge in [-0.05, 0) is 51.6 Å². The van der Waals surface area contributed by atoms with Gasteiger partial charge in [0.1, 0.15) is 0 Å². The molecule has 0 amide bonds. The fourth-order valence-electron chi connectivity index (χ4n) is 6.88. The Hall–Kier alpha value is -4.39. The minimum atomic E-state index is -1.41. The van der Waals surface area contributed by atoms with Gasteiger partial charge in [-0.1, -0.05) is 167 Å². The SMILES string of the molecule is CC1(C)c2ccccc2-c2ccc(-c3cccc(-c4nc(-c5ccc([Si](C)(C)C)cc5)cc(-c5ccc([Si](C)(C)C)cc5)n4)c3)cc21. The summed E-state index contributed by atoms with van der Waals surface area (Å²) in [4.78, 5) is 10.4. The van der Waals surface area contributed by atoms with Crippen molar-refractivity contribution in [2.75, 3.05) is 0 Å². The van der Waals surface area contributed by atoms with Gasteiger partial charge in [-0.15, -0.1) is 0 Å². The van der Waals surface area contributed by atoms with E-state index >= 15 is 0 Å². The van der Waals surface area contributed by atoms with Gasteiger partial charge in [-0.25, -0.2) is 9.97 Å². The smallest absolute Gasteiger partial charge is 0.160 e. The maximum absolute atomic E-state index is 5.20. The zero-order chi connectivity index (χ0) is 33.1. The Morgan fingerprint density at radius 2 is 0.915 bits per heavy atom. The molecule has 4 heteroatoms. The highest BCUT2D eigenvalue weighted by Crippen LogP contribution is 2.49. The molecule has 0 radical (unpaired) electrons. The molecule has 0 spiro atoms. The third-order valence-electron chi connectivity index (χ3n) is 9.86. The number of hydrogen-bond acceptors (Lipinski definition) is 2. The second-order valence-electron chi connectivity index (χ2n) is 15.6. The second-order valence-corrected chi connectivity index (χ2v) is 25.8. The molecule has 2 nitrogen and oxygen atoms in total. The molecule has 0 saturated heterocycles. The number of hydrogen-bond donors (Lipinski definition) is 0. The van der Waals surface area contributed by atoms with Crippen LogP contribution in [0, 0.1) is 0 Å². The van der Waals surface area contributed by atoms with E-state index in [1.165, 1.54) is 43.8 Å². The van der Waals surface area contributed by atoms with Crippen LogP contribution < -0.4 is 10.4 Å². The molecule has 234 valence electrons. The van der Waals surface area contributed by atoms with Gasteiger partial charge in [0.25, 0.3) is 0 Å². The molecule has 5 aromatic carbocycles. The maximum Gasteiger partial charge on any atom is 0.160 e. The van der Waals surface area contributed by atoms with Crippen molar-refractivity contribution in [3.63, 3.8) is 0 Å². The van der Waals surface area contributed by atoms with Crippen molar-refractivity contribution in [2.24, 2.45) is 0 Å². The van der Waals surface area contributed by atoms with Gasteiger partial charge in [0.2, 0.25) is 0 Å². The molecule has 47 heavy (non-hydrogen) atoms. The maximum atomic E-state index is 5.20. The summed E-state index contributed by atoms with van der Waals surface area (Å²) in [5.74, 6) is 0.747. The average molecular weight is 645 g/mol. The predicted molar refractivity (Wildman–Crippen MR) is 207 cm³/mol. The van der Waals surface area contributed by atoms with Crippen LogP contribution in [-0.2, 0) is 5.41 Å². The topological polar surface area (TPSA) is 25.8 Å². The van der Waals surface area contributed by atoms with Crippen LogP contribution in [0.1, 0.15) is 25.0 Å². The molecule has 1 heterocycles. The molecule has 1 aliphatic rings. The van der Waals surface area contributed by atoms with Gasteiger partial charge >= 0.3 is 0 Å². The second kappa shape index (κ2) is 11.4. The lowest BCUT2D eigenvalue weighted by Crippen LogP contribution is -2.37. The summed E-state index contributed by atoms with van der Waals surface area (Å²) >= 11 is 0.